The molecule has 8 heteroatoms. The third-order valence-electron chi connectivity index (χ3n) is 5.37. The van der Waals surface area contributed by atoms with Crippen LogP contribution in [-0.2, 0) is 14.3 Å². The van der Waals surface area contributed by atoms with Crippen LogP contribution >= 0.6 is 0 Å². The Morgan fingerprint density at radius 1 is 1.23 bits per heavy atom. The molecule has 30 heavy (non-hydrogen) atoms. The van der Waals surface area contributed by atoms with Crippen molar-refractivity contribution in [3.05, 3.63) is 70.9 Å². The number of esters is 1. The van der Waals surface area contributed by atoms with E-state index >= 15 is 0 Å². The molecule has 0 spiro atoms. The summed E-state index contributed by atoms with van der Waals surface area (Å²) in [5, 5.41) is 10.6. The zero-order chi connectivity index (χ0) is 21.3. The number of hydrogen-bond acceptors (Lipinski definition) is 7. The Balaban J connectivity index is 1.73. The fourth-order valence-corrected chi connectivity index (χ4v) is 3.89. The van der Waals surface area contributed by atoms with Crippen molar-refractivity contribution in [1.82, 2.24) is 4.90 Å². The number of carbonyl (C=O) groups excluding carboxylic acids is 3. The molecule has 1 aromatic heterocycles. The van der Waals surface area contributed by atoms with E-state index in [0.29, 0.717) is 17.7 Å². The van der Waals surface area contributed by atoms with Crippen LogP contribution in [-0.4, -0.2) is 54.0 Å². The zero-order valence-electron chi connectivity index (χ0n) is 16.4. The minimum atomic E-state index is -0.828. The summed E-state index contributed by atoms with van der Waals surface area (Å²) in [5.74, 6) is -2.27. The molecule has 156 valence electrons. The third kappa shape index (κ3) is 3.50. The van der Waals surface area contributed by atoms with Gasteiger partial charge in [-0.2, -0.15) is 0 Å². The van der Waals surface area contributed by atoms with E-state index in [0.717, 1.165) is 12.8 Å². The number of Topliss-reactive ketones (excluding diaryl/α,β-unsaturated/α-hetero) is 1. The molecule has 1 fully saturated rings. The van der Waals surface area contributed by atoms with E-state index in [1.165, 1.54) is 24.3 Å². The number of rotatable bonds is 6. The number of amides is 1. The van der Waals surface area contributed by atoms with Gasteiger partial charge >= 0.3 is 5.97 Å². The molecule has 0 bridgehead atoms. The Bertz CT molecular complexity index is 985. The predicted molar refractivity (Wildman–Crippen MR) is 104 cm³/mol. The first-order chi connectivity index (χ1) is 14.5. The molecule has 8 nitrogen and oxygen atoms in total. The molecule has 1 saturated heterocycles. The van der Waals surface area contributed by atoms with E-state index in [1.54, 1.807) is 30.3 Å². The van der Waals surface area contributed by atoms with Crippen LogP contribution in [0.2, 0.25) is 0 Å². The van der Waals surface area contributed by atoms with E-state index in [1.807, 2.05) is 0 Å². The topological polar surface area (TPSA) is 106 Å². The molecular weight excluding hydrogens is 390 g/mol. The van der Waals surface area contributed by atoms with Gasteiger partial charge in [-0.05, 0) is 42.7 Å². The quantitative estimate of drug-likeness (QED) is 0.575. The van der Waals surface area contributed by atoms with Crippen molar-refractivity contribution in [2.45, 2.75) is 25.0 Å². The lowest BCUT2D eigenvalue weighted by atomic mass is 9.94. The van der Waals surface area contributed by atoms with Gasteiger partial charge in [-0.15, -0.1) is 0 Å². The second-order valence-corrected chi connectivity index (χ2v) is 7.18. The average Bonchev–Trinajstić information content (AvgIpc) is 3.52. The van der Waals surface area contributed by atoms with Crippen LogP contribution < -0.4 is 0 Å². The van der Waals surface area contributed by atoms with E-state index in [-0.39, 0.29) is 24.0 Å². The van der Waals surface area contributed by atoms with Gasteiger partial charge in [0, 0.05) is 13.2 Å². The second kappa shape index (κ2) is 8.16. The largest absolute Gasteiger partial charge is 0.503 e. The number of aliphatic hydroxyl groups excluding tert-OH is 1. The molecule has 0 aliphatic carbocycles. The van der Waals surface area contributed by atoms with Gasteiger partial charge in [0.05, 0.1) is 36.7 Å². The number of carbonyl (C=O) groups is 3. The van der Waals surface area contributed by atoms with Crippen LogP contribution in [0.3, 0.4) is 0 Å². The average molecular weight is 411 g/mol. The molecule has 2 aliphatic rings. The summed E-state index contributed by atoms with van der Waals surface area (Å²) in [6.45, 7) is 0.851. The number of aliphatic hydroxyl groups is 1. The molecule has 0 saturated carbocycles. The molecule has 4 rings (SSSR count). The van der Waals surface area contributed by atoms with Crippen molar-refractivity contribution >= 4 is 17.7 Å². The highest BCUT2D eigenvalue weighted by molar-refractivity contribution is 6.15. The number of furan rings is 1. The fraction of sp³-hybridized carbons (Fsp3) is 0.318. The molecule has 3 heterocycles. The van der Waals surface area contributed by atoms with Crippen molar-refractivity contribution in [3.8, 4) is 0 Å². The van der Waals surface area contributed by atoms with Gasteiger partial charge in [0.25, 0.3) is 5.91 Å². The van der Waals surface area contributed by atoms with Gasteiger partial charge in [-0.3, -0.25) is 9.59 Å². The van der Waals surface area contributed by atoms with Crippen LogP contribution in [0.4, 0.5) is 0 Å². The first-order valence-corrected chi connectivity index (χ1v) is 9.63. The number of nitrogens with zero attached hydrogens (tertiary/aromatic N) is 1. The van der Waals surface area contributed by atoms with Gasteiger partial charge in [0.2, 0.25) is 5.78 Å². The summed E-state index contributed by atoms with van der Waals surface area (Å²) < 4.78 is 15.6. The Morgan fingerprint density at radius 2 is 2.00 bits per heavy atom. The summed E-state index contributed by atoms with van der Waals surface area (Å²) in [5.41, 5.74) is 0.857. The first kappa shape index (κ1) is 19.9. The van der Waals surface area contributed by atoms with Crippen LogP contribution in [0.5, 0.6) is 0 Å². The van der Waals surface area contributed by atoms with Crippen molar-refractivity contribution in [2.75, 3.05) is 20.3 Å². The zero-order valence-corrected chi connectivity index (χ0v) is 16.4. The molecule has 1 N–H and O–H groups in total. The number of benzene rings is 1. The monoisotopic (exact) mass is 411 g/mol. The lowest BCUT2D eigenvalue weighted by Crippen LogP contribution is -2.37. The highest BCUT2D eigenvalue weighted by Crippen LogP contribution is 2.39. The van der Waals surface area contributed by atoms with Gasteiger partial charge in [-0.1, -0.05) is 12.1 Å². The van der Waals surface area contributed by atoms with E-state index in [9.17, 15) is 19.5 Å². The minimum absolute atomic E-state index is 0.0273. The van der Waals surface area contributed by atoms with E-state index in [2.05, 4.69) is 0 Å². The highest BCUT2D eigenvalue weighted by Gasteiger charge is 2.45. The molecule has 2 aromatic rings. The molecule has 0 unspecified atom stereocenters. The molecule has 2 aliphatic heterocycles. The normalized spacial score (nSPS) is 21.4. The number of methoxy groups -OCH3 is 1. The summed E-state index contributed by atoms with van der Waals surface area (Å²) in [6, 6.07) is 8.60. The van der Waals surface area contributed by atoms with Crippen LogP contribution in [0, 0.1) is 0 Å². The number of ether oxygens (including phenoxy) is 2. The molecule has 0 radical (unpaired) electrons. The lowest BCUT2D eigenvalue weighted by molar-refractivity contribution is -0.131. The number of hydrogen-bond donors (Lipinski definition) is 1. The van der Waals surface area contributed by atoms with Crippen LogP contribution in [0.15, 0.2) is 58.4 Å². The summed E-state index contributed by atoms with van der Waals surface area (Å²) in [7, 11) is 1.29. The summed E-state index contributed by atoms with van der Waals surface area (Å²) in [6.07, 6.45) is 2.87. The third-order valence-corrected chi connectivity index (χ3v) is 5.37. The lowest BCUT2D eigenvalue weighted by Gasteiger charge is -2.28. The number of ketones is 1. The van der Waals surface area contributed by atoms with E-state index < -0.39 is 29.5 Å². The van der Waals surface area contributed by atoms with Crippen molar-refractivity contribution in [2.24, 2.45) is 0 Å². The van der Waals surface area contributed by atoms with Crippen molar-refractivity contribution in [1.29, 1.82) is 0 Å². The SMILES string of the molecule is COC(=O)c1ccc([C@H]2C(C(=O)c3ccco3)=C(O)C(=O)N2C[C@H]2CCCO2)cc1. The van der Waals surface area contributed by atoms with Crippen LogP contribution in [0.1, 0.15) is 45.4 Å². The Morgan fingerprint density at radius 3 is 2.60 bits per heavy atom. The van der Waals surface area contributed by atoms with E-state index in [4.69, 9.17) is 13.9 Å². The second-order valence-electron chi connectivity index (χ2n) is 7.18. The molecular formula is C22H21NO7. The Hall–Kier alpha value is -3.39. The van der Waals surface area contributed by atoms with Crippen LogP contribution in [0.25, 0.3) is 0 Å². The van der Waals surface area contributed by atoms with Crippen molar-refractivity contribution < 1.29 is 33.4 Å². The molecule has 2 atom stereocenters. The maximum Gasteiger partial charge on any atom is 0.337 e. The first-order valence-electron chi connectivity index (χ1n) is 9.63. The van der Waals surface area contributed by atoms with Gasteiger partial charge in [0.15, 0.2) is 11.5 Å². The standard InChI is InChI=1S/C22H21NO7/c1-28-22(27)14-8-6-13(7-9-14)18-17(19(24)16-5-3-11-30-16)20(25)21(26)23(18)12-15-4-2-10-29-15/h3,5-9,11,15,18,25H,2,4,10,12H2,1H3/t15-,18+/m1/s1. The fourth-order valence-electron chi connectivity index (χ4n) is 3.89. The Labute approximate surface area is 172 Å². The molecule has 1 aromatic carbocycles. The van der Waals surface area contributed by atoms with Gasteiger partial charge < -0.3 is 23.9 Å². The minimum Gasteiger partial charge on any atom is -0.503 e. The maximum absolute atomic E-state index is 13.1. The smallest absolute Gasteiger partial charge is 0.337 e. The molecule has 1 amide bonds. The predicted octanol–water partition coefficient (Wildman–Crippen LogP) is 2.82. The highest BCUT2D eigenvalue weighted by atomic mass is 16.5. The van der Waals surface area contributed by atoms with Gasteiger partial charge in [-0.25, -0.2) is 4.79 Å². The maximum atomic E-state index is 13.1. The summed E-state index contributed by atoms with van der Waals surface area (Å²) in [4.78, 5) is 39.1. The Kier molecular flexibility index (Phi) is 5.41. The van der Waals surface area contributed by atoms with Gasteiger partial charge in [0.1, 0.15) is 0 Å². The van der Waals surface area contributed by atoms with Crippen molar-refractivity contribution in [3.63, 3.8) is 0 Å². The summed E-state index contributed by atoms with van der Waals surface area (Å²) >= 11 is 0.